The van der Waals surface area contributed by atoms with Gasteiger partial charge in [0.1, 0.15) is 0 Å². The van der Waals surface area contributed by atoms with Gasteiger partial charge in [-0.3, -0.25) is 4.79 Å². The monoisotopic (exact) mass is 416 g/mol. The number of benzene rings is 2. The van der Waals surface area contributed by atoms with Crippen LogP contribution in [0, 0.1) is 0 Å². The highest BCUT2D eigenvalue weighted by Gasteiger charge is 2.23. The van der Waals surface area contributed by atoms with Crippen molar-refractivity contribution in [3.63, 3.8) is 0 Å². The fourth-order valence-electron chi connectivity index (χ4n) is 3.40. The molecule has 2 N–H and O–H groups in total. The van der Waals surface area contributed by atoms with Crippen LogP contribution in [0.2, 0.25) is 0 Å². The van der Waals surface area contributed by atoms with Crippen molar-refractivity contribution in [3.8, 4) is 0 Å². The van der Waals surface area contributed by atoms with E-state index in [0.29, 0.717) is 11.9 Å². The van der Waals surface area contributed by atoms with Gasteiger partial charge in [0, 0.05) is 37.3 Å². The van der Waals surface area contributed by atoms with Crippen LogP contribution in [-0.2, 0) is 21.2 Å². The fraction of sp³-hybridized carbons (Fsp3) is 0.300. The van der Waals surface area contributed by atoms with Crippen LogP contribution in [0.5, 0.6) is 0 Å². The molecule has 0 spiro atoms. The number of nitrogens with zero attached hydrogens (tertiary/aromatic N) is 3. The third kappa shape index (κ3) is 4.25. The Morgan fingerprint density at radius 1 is 1.14 bits per heavy atom. The summed E-state index contributed by atoms with van der Waals surface area (Å²) in [6.45, 7) is 5.42. The van der Waals surface area contributed by atoms with Gasteiger partial charge in [-0.05, 0) is 36.8 Å². The van der Waals surface area contributed by atoms with Crippen molar-refractivity contribution in [2.75, 3.05) is 31.1 Å². The summed E-state index contributed by atoms with van der Waals surface area (Å²) in [5.74, 6) is 0. The van der Waals surface area contributed by atoms with E-state index in [1.165, 1.54) is 4.09 Å². The molecule has 0 radical (unpaired) electrons. The van der Waals surface area contributed by atoms with E-state index in [1.807, 2.05) is 19.1 Å². The molecule has 0 amide bonds. The Morgan fingerprint density at radius 2 is 1.79 bits per heavy atom. The second kappa shape index (κ2) is 9.06. The first-order chi connectivity index (χ1) is 14.0. The van der Waals surface area contributed by atoms with Gasteiger partial charge in [0.25, 0.3) is 16.5 Å². The summed E-state index contributed by atoms with van der Waals surface area (Å²) in [5, 5.41) is 15.6. The van der Waals surface area contributed by atoms with Gasteiger partial charge in [-0.2, -0.15) is 17.6 Å². The molecule has 0 unspecified atom stereocenters. The second-order valence-corrected chi connectivity index (χ2v) is 8.27. The minimum absolute atomic E-state index is 0.250. The predicted octanol–water partition coefficient (Wildman–Crippen LogP) is 1.95. The Labute approximate surface area is 169 Å². The summed E-state index contributed by atoms with van der Waals surface area (Å²) in [7, 11) is -3.73. The summed E-state index contributed by atoms with van der Waals surface area (Å²) >= 11 is 0. The molecule has 1 aromatic heterocycles. The molecular weight excluding hydrogens is 392 g/mol. The van der Waals surface area contributed by atoms with Gasteiger partial charge in [-0.1, -0.05) is 25.1 Å². The fourth-order valence-corrected chi connectivity index (χ4v) is 4.71. The van der Waals surface area contributed by atoms with E-state index in [2.05, 4.69) is 21.4 Å². The highest BCUT2D eigenvalue weighted by Crippen LogP contribution is 2.28. The van der Waals surface area contributed by atoms with Gasteiger partial charge in [0.2, 0.25) is 0 Å². The summed E-state index contributed by atoms with van der Waals surface area (Å²) in [6, 6.07) is 14.5. The molecule has 1 aliphatic heterocycles. The number of aryl methyl sites for hydroxylation is 1. The first kappa shape index (κ1) is 20.8. The van der Waals surface area contributed by atoms with Crippen molar-refractivity contribution in [1.82, 2.24) is 14.5 Å². The average Bonchev–Trinajstić information content (AvgIpc) is 3.14. The number of carboxylic acid groups (broad SMARTS) is 1. The zero-order valence-electron chi connectivity index (χ0n) is 16.2. The molecule has 2 heterocycles. The Morgan fingerprint density at radius 3 is 2.41 bits per heavy atom. The lowest BCUT2D eigenvalue weighted by Gasteiger charge is -2.29. The van der Waals surface area contributed by atoms with Crippen molar-refractivity contribution < 1.29 is 18.3 Å². The van der Waals surface area contributed by atoms with Crippen molar-refractivity contribution in [3.05, 3.63) is 54.2 Å². The van der Waals surface area contributed by atoms with Crippen LogP contribution in [-0.4, -0.2) is 55.4 Å². The number of hydrogen-bond donors (Lipinski definition) is 2. The molecule has 3 aromatic rings. The molecule has 154 valence electrons. The lowest BCUT2D eigenvalue weighted by Crippen LogP contribution is -2.43. The van der Waals surface area contributed by atoms with Crippen molar-refractivity contribution in [2.45, 2.75) is 18.2 Å². The third-order valence-corrected chi connectivity index (χ3v) is 6.40. The maximum atomic E-state index is 13.1. The van der Waals surface area contributed by atoms with E-state index < -0.39 is 10.0 Å². The Balaban J connectivity index is 0.000000755. The second-order valence-electron chi connectivity index (χ2n) is 6.51. The quantitative estimate of drug-likeness (QED) is 0.626. The molecule has 0 saturated carbocycles. The van der Waals surface area contributed by atoms with Crippen molar-refractivity contribution in [2.24, 2.45) is 0 Å². The zero-order chi connectivity index (χ0) is 20.9. The molecule has 8 nitrogen and oxygen atoms in total. The summed E-state index contributed by atoms with van der Waals surface area (Å²) in [4.78, 5) is 10.9. The minimum atomic E-state index is -3.73. The molecule has 29 heavy (non-hydrogen) atoms. The lowest BCUT2D eigenvalue weighted by molar-refractivity contribution is -0.122. The van der Waals surface area contributed by atoms with Gasteiger partial charge < -0.3 is 15.3 Å². The summed E-state index contributed by atoms with van der Waals surface area (Å²) < 4.78 is 27.5. The molecule has 1 aliphatic rings. The number of anilines is 1. The number of rotatable bonds is 4. The highest BCUT2D eigenvalue weighted by atomic mass is 32.2. The molecule has 1 fully saturated rings. The largest absolute Gasteiger partial charge is 0.483 e. The standard InChI is InChI=1S/C19H22N4O2S.CH2O2/c1-2-18-17-9-8-15(22-12-10-20-11-13-22)14-19(17)23(21-18)26(24,25)16-6-4-3-5-7-16;2-1-3/h3-9,14,20H,2,10-13H2,1H3;1H,(H,2,3). The molecule has 1 saturated heterocycles. The number of nitrogens with one attached hydrogen (secondary N) is 1. The van der Waals surface area contributed by atoms with Crippen LogP contribution in [0.4, 0.5) is 5.69 Å². The van der Waals surface area contributed by atoms with E-state index in [4.69, 9.17) is 9.90 Å². The van der Waals surface area contributed by atoms with Crippen LogP contribution in [0.1, 0.15) is 12.6 Å². The highest BCUT2D eigenvalue weighted by molar-refractivity contribution is 7.90. The number of hydrogen-bond acceptors (Lipinski definition) is 6. The third-order valence-electron chi connectivity index (χ3n) is 4.80. The molecule has 2 aromatic carbocycles. The smallest absolute Gasteiger partial charge is 0.290 e. The van der Waals surface area contributed by atoms with Crippen molar-refractivity contribution >= 4 is 33.1 Å². The van der Waals surface area contributed by atoms with Crippen LogP contribution < -0.4 is 10.2 Å². The predicted molar refractivity (Wildman–Crippen MR) is 112 cm³/mol. The van der Waals surface area contributed by atoms with Gasteiger partial charge in [0.05, 0.1) is 16.1 Å². The molecular formula is C20H24N4O4S. The Kier molecular flexibility index (Phi) is 6.50. The first-order valence-corrected chi connectivity index (χ1v) is 10.8. The Bertz CT molecular complexity index is 1070. The van der Waals surface area contributed by atoms with Gasteiger partial charge in [-0.25, -0.2) is 0 Å². The number of fused-ring (bicyclic) bond motifs is 1. The van der Waals surface area contributed by atoms with Crippen LogP contribution in [0.3, 0.4) is 0 Å². The van der Waals surface area contributed by atoms with E-state index in [-0.39, 0.29) is 11.4 Å². The van der Waals surface area contributed by atoms with Gasteiger partial charge >= 0.3 is 0 Å². The average molecular weight is 417 g/mol. The molecule has 0 bridgehead atoms. The van der Waals surface area contributed by atoms with Crippen LogP contribution in [0.25, 0.3) is 10.9 Å². The molecule has 9 heteroatoms. The molecule has 0 atom stereocenters. The maximum Gasteiger partial charge on any atom is 0.290 e. The van der Waals surface area contributed by atoms with Crippen LogP contribution >= 0.6 is 0 Å². The van der Waals surface area contributed by atoms with E-state index in [1.54, 1.807) is 30.3 Å². The van der Waals surface area contributed by atoms with Gasteiger partial charge in [0.15, 0.2) is 0 Å². The van der Waals surface area contributed by atoms with Crippen LogP contribution in [0.15, 0.2) is 53.4 Å². The minimum Gasteiger partial charge on any atom is -0.483 e. The van der Waals surface area contributed by atoms with Crippen molar-refractivity contribution in [1.29, 1.82) is 0 Å². The topological polar surface area (TPSA) is 105 Å². The maximum absolute atomic E-state index is 13.1. The van der Waals surface area contributed by atoms with Gasteiger partial charge in [-0.15, -0.1) is 0 Å². The normalized spacial score (nSPS) is 14.3. The number of carbonyl (C=O) groups is 1. The van der Waals surface area contributed by atoms with E-state index in [0.717, 1.165) is 42.9 Å². The number of piperazine rings is 1. The van der Waals surface area contributed by atoms with E-state index in [9.17, 15) is 8.42 Å². The lowest BCUT2D eigenvalue weighted by atomic mass is 10.1. The number of aromatic nitrogens is 2. The molecule has 0 aliphatic carbocycles. The summed E-state index contributed by atoms with van der Waals surface area (Å²) in [5.41, 5.74) is 2.47. The Hall–Kier alpha value is -2.91. The molecule has 4 rings (SSSR count). The summed E-state index contributed by atoms with van der Waals surface area (Å²) in [6.07, 6.45) is 0.681. The zero-order valence-corrected chi connectivity index (χ0v) is 17.0. The SMILES string of the molecule is CCc1nn(S(=O)(=O)c2ccccc2)c2cc(N3CCNCC3)ccc12.O=CO. The first-order valence-electron chi connectivity index (χ1n) is 9.38. The van der Waals surface area contributed by atoms with E-state index >= 15 is 0 Å².